The van der Waals surface area contributed by atoms with Gasteiger partial charge in [-0.25, -0.2) is 4.39 Å². The fourth-order valence-corrected chi connectivity index (χ4v) is 3.99. The van der Waals surface area contributed by atoms with Crippen molar-refractivity contribution in [2.45, 2.75) is 13.0 Å². The molecular weight excluding hydrogens is 499 g/mol. The lowest BCUT2D eigenvalue weighted by molar-refractivity contribution is -0.126. The highest BCUT2D eigenvalue weighted by Gasteiger charge is 2.26. The smallest absolute Gasteiger partial charge is 0.255 e. The zero-order valence-corrected chi connectivity index (χ0v) is 19.2. The molecule has 0 radical (unpaired) electrons. The molecule has 0 fully saturated rings. The molecule has 4 rings (SSSR count). The Morgan fingerprint density at radius 1 is 1.12 bits per heavy atom. The van der Waals surface area contributed by atoms with Gasteiger partial charge in [-0.05, 0) is 60.0 Å². The second-order valence-corrected chi connectivity index (χ2v) is 8.69. The maximum Gasteiger partial charge on any atom is 0.255 e. The van der Waals surface area contributed by atoms with Crippen molar-refractivity contribution in [1.29, 1.82) is 0 Å². The summed E-state index contributed by atoms with van der Waals surface area (Å²) in [4.78, 5) is 25.1. The molecule has 2 N–H and O–H groups in total. The molecule has 164 valence electrons. The molecule has 1 unspecified atom stereocenters. The van der Waals surface area contributed by atoms with Crippen molar-refractivity contribution >= 4 is 45.0 Å². The first kappa shape index (κ1) is 22.3. The number of hydrogen-bond donors (Lipinski definition) is 2. The van der Waals surface area contributed by atoms with Crippen LogP contribution in [0.1, 0.15) is 21.5 Å². The van der Waals surface area contributed by atoms with E-state index < -0.39 is 11.7 Å². The topological polar surface area (TPSA) is 67.4 Å². The van der Waals surface area contributed by atoms with Crippen molar-refractivity contribution < 1.29 is 18.7 Å². The number of amides is 2. The third-order valence-corrected chi connectivity index (χ3v) is 6.27. The van der Waals surface area contributed by atoms with Gasteiger partial charge in [-0.3, -0.25) is 9.59 Å². The molecule has 1 aliphatic heterocycles. The lowest BCUT2D eigenvalue weighted by atomic mass is 9.95. The monoisotopic (exact) mass is 516 g/mol. The Balaban J connectivity index is 1.41. The molecule has 32 heavy (non-hydrogen) atoms. The van der Waals surface area contributed by atoms with E-state index in [1.54, 1.807) is 18.2 Å². The van der Waals surface area contributed by atoms with Crippen LogP contribution in [0.5, 0.6) is 5.75 Å². The molecule has 0 bridgehead atoms. The van der Waals surface area contributed by atoms with E-state index >= 15 is 0 Å². The Bertz CT molecular complexity index is 1190. The Labute approximate surface area is 198 Å². The normalized spacial score (nSPS) is 14.8. The van der Waals surface area contributed by atoms with Crippen molar-refractivity contribution in [3.8, 4) is 5.75 Å². The Hall–Kier alpha value is -2.90. The molecule has 8 heteroatoms. The minimum Gasteiger partial charge on any atom is -0.492 e. The number of nitrogens with one attached hydrogen (secondary N) is 2. The summed E-state index contributed by atoms with van der Waals surface area (Å²) in [6.07, 6.45) is 0.483. The highest BCUT2D eigenvalue weighted by molar-refractivity contribution is 9.10. The molecule has 0 saturated carbocycles. The highest BCUT2D eigenvalue weighted by atomic mass is 79.9. The van der Waals surface area contributed by atoms with Crippen LogP contribution < -0.4 is 15.4 Å². The van der Waals surface area contributed by atoms with Crippen LogP contribution in [0.4, 0.5) is 10.1 Å². The van der Waals surface area contributed by atoms with Crippen LogP contribution in [0.3, 0.4) is 0 Å². The van der Waals surface area contributed by atoms with Gasteiger partial charge in [0.15, 0.2) is 0 Å². The molecule has 1 heterocycles. The molecule has 5 nitrogen and oxygen atoms in total. The molecule has 0 aliphatic carbocycles. The summed E-state index contributed by atoms with van der Waals surface area (Å²) in [7, 11) is 0. The average Bonchev–Trinajstić information content (AvgIpc) is 2.79. The predicted octanol–water partition coefficient (Wildman–Crippen LogP) is 5.36. The molecule has 3 aromatic carbocycles. The van der Waals surface area contributed by atoms with Gasteiger partial charge in [-0.1, -0.05) is 45.7 Å². The molecule has 2 amide bonds. The van der Waals surface area contributed by atoms with Crippen LogP contribution in [-0.4, -0.2) is 18.4 Å². The van der Waals surface area contributed by atoms with E-state index in [1.165, 1.54) is 12.1 Å². The summed E-state index contributed by atoms with van der Waals surface area (Å²) < 4.78 is 20.3. The molecule has 3 aromatic rings. The van der Waals surface area contributed by atoms with Crippen LogP contribution in [0.2, 0.25) is 5.02 Å². The van der Waals surface area contributed by atoms with Crippen LogP contribution in [0.25, 0.3) is 0 Å². The van der Waals surface area contributed by atoms with E-state index in [0.29, 0.717) is 24.4 Å². The van der Waals surface area contributed by atoms with E-state index in [4.69, 9.17) is 16.3 Å². The predicted molar refractivity (Wildman–Crippen MR) is 124 cm³/mol. The number of ether oxygens (including phenoxy) is 1. The van der Waals surface area contributed by atoms with E-state index in [0.717, 1.165) is 21.7 Å². The second-order valence-electron chi connectivity index (χ2n) is 7.43. The summed E-state index contributed by atoms with van der Waals surface area (Å²) >= 11 is 9.15. The maximum absolute atomic E-state index is 13.6. The van der Waals surface area contributed by atoms with E-state index in [-0.39, 0.29) is 29.0 Å². The quantitative estimate of drug-likeness (QED) is 0.479. The van der Waals surface area contributed by atoms with Crippen molar-refractivity contribution in [2.75, 3.05) is 11.9 Å². The van der Waals surface area contributed by atoms with Crippen LogP contribution >= 0.6 is 27.5 Å². The standard InChI is InChI=1S/C24H19BrClFN2O3/c25-19-4-2-1-3-15(19)12-28-23(30)17-9-16-10-18(6-8-22(16)32-13-17)29-24(31)14-5-7-20(26)21(27)11-14/h1-8,10-11,17H,9,12-13H2,(H,28,30)(H,29,31). The average molecular weight is 518 g/mol. The fraction of sp³-hybridized carbons (Fsp3) is 0.167. The Morgan fingerprint density at radius 2 is 1.94 bits per heavy atom. The number of carbonyl (C=O) groups is 2. The number of halogens is 3. The second kappa shape index (κ2) is 9.71. The molecule has 0 aromatic heterocycles. The number of carbonyl (C=O) groups excluding carboxylic acids is 2. The van der Waals surface area contributed by atoms with Crippen molar-refractivity contribution in [3.05, 3.63) is 92.7 Å². The van der Waals surface area contributed by atoms with Crippen LogP contribution in [-0.2, 0) is 17.8 Å². The molecule has 1 atom stereocenters. The lowest BCUT2D eigenvalue weighted by Gasteiger charge is -2.25. The van der Waals surface area contributed by atoms with Gasteiger partial charge in [0.2, 0.25) is 5.91 Å². The summed E-state index contributed by atoms with van der Waals surface area (Å²) in [5.74, 6) is -0.885. The van der Waals surface area contributed by atoms with Gasteiger partial charge in [-0.15, -0.1) is 0 Å². The number of anilines is 1. The van der Waals surface area contributed by atoms with Crippen LogP contribution in [0.15, 0.2) is 65.1 Å². The van der Waals surface area contributed by atoms with Gasteiger partial charge >= 0.3 is 0 Å². The van der Waals surface area contributed by atoms with Gasteiger partial charge in [-0.2, -0.15) is 0 Å². The third kappa shape index (κ3) is 5.11. The van der Waals surface area contributed by atoms with Crippen LogP contribution in [0, 0.1) is 11.7 Å². The Kier molecular flexibility index (Phi) is 6.77. The van der Waals surface area contributed by atoms with Gasteiger partial charge in [0.25, 0.3) is 5.91 Å². The molecule has 0 saturated heterocycles. The zero-order chi connectivity index (χ0) is 22.7. The summed E-state index contributed by atoms with van der Waals surface area (Å²) in [6.45, 7) is 0.696. The fourth-order valence-electron chi connectivity index (χ4n) is 3.45. The number of hydrogen-bond acceptors (Lipinski definition) is 3. The highest BCUT2D eigenvalue weighted by Crippen LogP contribution is 2.30. The summed E-state index contributed by atoms with van der Waals surface area (Å²) in [6, 6.07) is 16.8. The summed E-state index contributed by atoms with van der Waals surface area (Å²) in [5.41, 5.74) is 2.49. The van der Waals surface area contributed by atoms with Gasteiger partial charge in [0.05, 0.1) is 10.9 Å². The van der Waals surface area contributed by atoms with E-state index in [1.807, 2.05) is 24.3 Å². The molecule has 1 aliphatic rings. The van der Waals surface area contributed by atoms with Gasteiger partial charge < -0.3 is 15.4 Å². The van der Waals surface area contributed by atoms with E-state index in [9.17, 15) is 14.0 Å². The Morgan fingerprint density at radius 3 is 2.72 bits per heavy atom. The van der Waals surface area contributed by atoms with Crippen molar-refractivity contribution in [1.82, 2.24) is 5.32 Å². The number of rotatable bonds is 5. The SMILES string of the molecule is O=C(Nc1ccc2c(c1)CC(C(=O)NCc1ccccc1Br)CO2)c1ccc(Cl)c(F)c1. The minimum atomic E-state index is -0.658. The van der Waals surface area contributed by atoms with Gasteiger partial charge in [0, 0.05) is 22.3 Å². The third-order valence-electron chi connectivity index (χ3n) is 5.19. The first-order chi connectivity index (χ1) is 15.4. The number of benzene rings is 3. The molecular formula is C24H19BrClFN2O3. The van der Waals surface area contributed by atoms with E-state index in [2.05, 4.69) is 26.6 Å². The largest absolute Gasteiger partial charge is 0.492 e. The first-order valence-corrected chi connectivity index (χ1v) is 11.1. The first-order valence-electron chi connectivity index (χ1n) is 9.94. The number of fused-ring (bicyclic) bond motifs is 1. The minimum absolute atomic E-state index is 0.0450. The molecule has 0 spiro atoms. The van der Waals surface area contributed by atoms with Crippen molar-refractivity contribution in [3.63, 3.8) is 0 Å². The van der Waals surface area contributed by atoms with Crippen molar-refractivity contribution in [2.24, 2.45) is 5.92 Å². The summed E-state index contributed by atoms with van der Waals surface area (Å²) in [5, 5.41) is 5.65. The maximum atomic E-state index is 13.6. The van der Waals surface area contributed by atoms with Gasteiger partial charge in [0.1, 0.15) is 18.2 Å². The zero-order valence-electron chi connectivity index (χ0n) is 16.8. The lowest BCUT2D eigenvalue weighted by Crippen LogP contribution is -2.37.